The summed E-state index contributed by atoms with van der Waals surface area (Å²) >= 11 is 0.364. The van der Waals surface area contributed by atoms with Crippen molar-refractivity contribution < 1.29 is 19.2 Å². The number of aliphatic hydroxyl groups excluding tert-OH is 1. The molecule has 0 unspecified atom stereocenters. The summed E-state index contributed by atoms with van der Waals surface area (Å²) in [5.74, 6) is -0.763. The van der Waals surface area contributed by atoms with Gasteiger partial charge in [0.25, 0.3) is 0 Å². The van der Waals surface area contributed by atoms with Crippen molar-refractivity contribution in [3.63, 3.8) is 0 Å². The van der Waals surface area contributed by atoms with Crippen LogP contribution in [0.4, 0.5) is 0 Å². The lowest BCUT2D eigenvalue weighted by atomic mass is 10.8. The Morgan fingerprint density at radius 3 is 2.75 bits per heavy atom. The molecule has 8 heavy (non-hydrogen) atoms. The molecule has 0 aliphatic rings. The molecule has 2 N–H and O–H groups in total. The summed E-state index contributed by atoms with van der Waals surface area (Å²) in [6, 6.07) is 0. The zero-order valence-corrected chi connectivity index (χ0v) is 4.85. The van der Waals surface area contributed by atoms with E-state index in [2.05, 4.69) is 4.74 Å². The maximum Gasteiger partial charge on any atom is 0.320 e. The Morgan fingerprint density at radius 2 is 2.38 bits per heavy atom. The summed E-state index contributed by atoms with van der Waals surface area (Å²) < 4.78 is 12.0. The van der Waals surface area contributed by atoms with E-state index in [0.29, 0.717) is 12.0 Å². The van der Waals surface area contributed by atoms with E-state index < -0.39 is 12.8 Å². The van der Waals surface area contributed by atoms with Crippen LogP contribution in [0, 0.1) is 0 Å². The zero-order valence-electron chi connectivity index (χ0n) is 4.03. The summed E-state index contributed by atoms with van der Waals surface area (Å²) in [5.41, 5.74) is 0. The molecular formula is C3H6O4S. The van der Waals surface area contributed by atoms with Gasteiger partial charge in [0, 0.05) is 0 Å². The van der Waals surface area contributed by atoms with Gasteiger partial charge in [0.2, 0.25) is 0 Å². The topological polar surface area (TPSA) is 66.8 Å². The zero-order chi connectivity index (χ0) is 6.41. The second-order valence-electron chi connectivity index (χ2n) is 0.919. The minimum atomic E-state index is -0.626. The van der Waals surface area contributed by atoms with Gasteiger partial charge in [-0.2, -0.15) is 0 Å². The molecule has 0 rings (SSSR count). The van der Waals surface area contributed by atoms with Gasteiger partial charge in [-0.25, -0.2) is 0 Å². The van der Waals surface area contributed by atoms with Gasteiger partial charge < -0.3 is 14.4 Å². The van der Waals surface area contributed by atoms with Crippen molar-refractivity contribution in [2.24, 2.45) is 0 Å². The summed E-state index contributed by atoms with van der Waals surface area (Å²) in [6.45, 7) is -0.626. The molecule has 48 valence electrons. The monoisotopic (exact) mass is 138 g/mol. The SMILES string of the molecule is O=C(CSO)OCO. The smallest absolute Gasteiger partial charge is 0.320 e. The van der Waals surface area contributed by atoms with Crippen LogP contribution in [0.15, 0.2) is 0 Å². The molecule has 5 heteroatoms. The maximum atomic E-state index is 10.1. The van der Waals surface area contributed by atoms with Crippen molar-refractivity contribution >= 4 is 18.0 Å². The molecule has 0 aliphatic carbocycles. The molecule has 0 aromatic heterocycles. The normalized spacial score (nSPS) is 8.75. The second-order valence-corrected chi connectivity index (χ2v) is 1.47. The molecule has 0 aliphatic heterocycles. The average molecular weight is 138 g/mol. The number of ether oxygens (including phenoxy) is 1. The number of aliphatic hydroxyl groups is 1. The maximum absolute atomic E-state index is 10.1. The highest BCUT2D eigenvalue weighted by molar-refractivity contribution is 7.94. The van der Waals surface area contributed by atoms with Crippen LogP contribution in [0.2, 0.25) is 0 Å². The van der Waals surface area contributed by atoms with E-state index >= 15 is 0 Å². The minimum Gasteiger partial charge on any atom is -0.438 e. The number of esters is 1. The Labute approximate surface area is 50.7 Å². The van der Waals surface area contributed by atoms with Crippen molar-refractivity contribution in [3.8, 4) is 0 Å². The van der Waals surface area contributed by atoms with Gasteiger partial charge >= 0.3 is 5.97 Å². The van der Waals surface area contributed by atoms with Gasteiger partial charge in [-0.15, -0.1) is 0 Å². The van der Waals surface area contributed by atoms with Gasteiger partial charge in [0.15, 0.2) is 6.79 Å². The van der Waals surface area contributed by atoms with Gasteiger partial charge in [-0.1, -0.05) is 0 Å². The molecule has 0 atom stereocenters. The van der Waals surface area contributed by atoms with Crippen LogP contribution in [-0.2, 0) is 9.53 Å². The van der Waals surface area contributed by atoms with E-state index in [-0.39, 0.29) is 5.75 Å². The lowest BCUT2D eigenvalue weighted by Crippen LogP contribution is -2.07. The molecule has 0 radical (unpaired) electrons. The van der Waals surface area contributed by atoms with Crippen molar-refractivity contribution in [2.75, 3.05) is 12.5 Å². The Kier molecular flexibility index (Phi) is 4.73. The van der Waals surface area contributed by atoms with Crippen LogP contribution in [0.5, 0.6) is 0 Å². The van der Waals surface area contributed by atoms with Gasteiger partial charge in [0.1, 0.15) is 5.75 Å². The summed E-state index contributed by atoms with van der Waals surface area (Å²) in [4.78, 5) is 10.1. The third kappa shape index (κ3) is 3.91. The fraction of sp³-hybridized carbons (Fsp3) is 0.667. The molecule has 0 bridgehead atoms. The first kappa shape index (κ1) is 7.74. The van der Waals surface area contributed by atoms with Crippen molar-refractivity contribution in [2.45, 2.75) is 0 Å². The van der Waals surface area contributed by atoms with E-state index in [1.165, 1.54) is 0 Å². The Morgan fingerprint density at radius 1 is 1.75 bits per heavy atom. The quantitative estimate of drug-likeness (QED) is 0.318. The molecule has 0 saturated carbocycles. The number of carbonyl (C=O) groups excluding carboxylic acids is 1. The molecule has 0 heterocycles. The first-order valence-corrected chi connectivity index (χ1v) is 2.78. The predicted octanol–water partition coefficient (Wildman–Crippen LogP) is -0.314. The Bertz CT molecular complexity index is 65.7. The highest BCUT2D eigenvalue weighted by Gasteiger charge is 1.98. The lowest BCUT2D eigenvalue weighted by Gasteiger charge is -1.94. The number of carbonyl (C=O) groups is 1. The minimum absolute atomic E-state index is 0.138. The van der Waals surface area contributed by atoms with E-state index in [1.54, 1.807) is 0 Å². The first-order chi connectivity index (χ1) is 3.81. The fourth-order valence-electron chi connectivity index (χ4n) is 0.166. The van der Waals surface area contributed by atoms with Crippen molar-refractivity contribution in [1.29, 1.82) is 0 Å². The first-order valence-electron chi connectivity index (χ1n) is 1.84. The molecule has 0 aromatic carbocycles. The van der Waals surface area contributed by atoms with Crippen LogP contribution in [0.3, 0.4) is 0 Å². The Hall–Kier alpha value is -0.260. The van der Waals surface area contributed by atoms with Gasteiger partial charge in [-0.3, -0.25) is 4.79 Å². The molecular weight excluding hydrogens is 132 g/mol. The standard InChI is InChI=1S/C3H6O4S/c4-2-7-3(5)1-8-6/h4,6H,1-2H2. The lowest BCUT2D eigenvalue weighted by molar-refractivity contribution is -0.148. The van der Waals surface area contributed by atoms with Gasteiger partial charge in [-0.05, 0) is 12.0 Å². The summed E-state index contributed by atoms with van der Waals surface area (Å²) in [7, 11) is 0. The molecule has 0 saturated heterocycles. The van der Waals surface area contributed by atoms with Crippen LogP contribution >= 0.6 is 12.0 Å². The van der Waals surface area contributed by atoms with Crippen LogP contribution in [0.1, 0.15) is 0 Å². The van der Waals surface area contributed by atoms with E-state index in [4.69, 9.17) is 9.66 Å². The summed E-state index contributed by atoms with van der Waals surface area (Å²) in [5, 5.41) is 7.93. The van der Waals surface area contributed by atoms with Crippen LogP contribution in [0.25, 0.3) is 0 Å². The summed E-state index contributed by atoms with van der Waals surface area (Å²) in [6.07, 6.45) is 0. The van der Waals surface area contributed by atoms with Gasteiger partial charge in [0.05, 0.1) is 0 Å². The average Bonchev–Trinajstić information content (AvgIpc) is 1.68. The third-order valence-electron chi connectivity index (χ3n) is 0.408. The molecule has 0 spiro atoms. The molecule has 0 aromatic rings. The largest absolute Gasteiger partial charge is 0.438 e. The highest BCUT2D eigenvalue weighted by Crippen LogP contribution is 1.90. The fourth-order valence-corrected chi connectivity index (χ4v) is 0.355. The number of hydrogen-bond acceptors (Lipinski definition) is 5. The second kappa shape index (κ2) is 4.89. The predicted molar refractivity (Wildman–Crippen MR) is 28.3 cm³/mol. The van der Waals surface area contributed by atoms with Crippen molar-refractivity contribution in [1.82, 2.24) is 0 Å². The van der Waals surface area contributed by atoms with Crippen LogP contribution in [-0.4, -0.2) is 28.2 Å². The van der Waals surface area contributed by atoms with E-state index in [0.717, 1.165) is 0 Å². The molecule has 0 fully saturated rings. The third-order valence-corrected chi connectivity index (χ3v) is 0.773. The van der Waals surface area contributed by atoms with E-state index in [9.17, 15) is 4.79 Å². The Balaban J connectivity index is 3.06. The number of hydrogen-bond donors (Lipinski definition) is 2. The molecule has 0 amide bonds. The van der Waals surface area contributed by atoms with Crippen molar-refractivity contribution in [3.05, 3.63) is 0 Å². The molecule has 4 nitrogen and oxygen atoms in total. The van der Waals surface area contributed by atoms with Crippen LogP contribution < -0.4 is 0 Å². The van der Waals surface area contributed by atoms with E-state index in [1.807, 2.05) is 0 Å². The highest BCUT2D eigenvalue weighted by atomic mass is 32.2. The number of rotatable bonds is 3.